The monoisotopic (exact) mass is 579 g/mol. The number of nitrogens with zero attached hydrogens (tertiary/aromatic N) is 1. The number of anilines is 1. The number of hydrogen-bond donors (Lipinski definition) is 0. The number of ketones is 1. The van der Waals surface area contributed by atoms with Crippen molar-refractivity contribution in [1.82, 2.24) is 0 Å². The van der Waals surface area contributed by atoms with E-state index in [4.69, 9.17) is 25.8 Å². The van der Waals surface area contributed by atoms with Gasteiger partial charge in [-0.25, -0.2) is 13.2 Å². The quantitative estimate of drug-likeness (QED) is 0.169. The van der Waals surface area contributed by atoms with E-state index in [-0.39, 0.29) is 26.9 Å². The van der Waals surface area contributed by atoms with Gasteiger partial charge in [0.2, 0.25) is 5.78 Å². The fourth-order valence-electron chi connectivity index (χ4n) is 3.99. The zero-order valence-electron chi connectivity index (χ0n) is 21.9. The maximum Gasteiger partial charge on any atom is 0.339 e. The molecule has 0 heterocycles. The molecule has 4 rings (SSSR count). The van der Waals surface area contributed by atoms with Crippen molar-refractivity contribution >= 4 is 39.1 Å². The van der Waals surface area contributed by atoms with E-state index < -0.39 is 27.9 Å². The Morgan fingerprint density at radius 1 is 0.775 bits per heavy atom. The molecule has 8 nitrogen and oxygen atoms in total. The van der Waals surface area contributed by atoms with Crippen LogP contribution in [-0.2, 0) is 14.8 Å². The highest BCUT2D eigenvalue weighted by Crippen LogP contribution is 2.39. The molecule has 0 radical (unpaired) electrons. The molecule has 10 heteroatoms. The predicted octanol–water partition coefficient (Wildman–Crippen LogP) is 5.96. The van der Waals surface area contributed by atoms with Crippen LogP contribution >= 0.6 is 11.6 Å². The Labute approximate surface area is 237 Å². The number of hydrogen-bond acceptors (Lipinski definition) is 7. The maximum atomic E-state index is 13.6. The zero-order valence-corrected chi connectivity index (χ0v) is 23.5. The molecule has 0 unspecified atom stereocenters. The number of Topliss-reactive ketones (excluding diaryl/α,β-unsaturated/α-hetero) is 1. The molecule has 0 aliphatic heterocycles. The molecular weight excluding hydrogens is 554 g/mol. The summed E-state index contributed by atoms with van der Waals surface area (Å²) in [6.45, 7) is 0. The summed E-state index contributed by atoms with van der Waals surface area (Å²) in [5.74, 6) is -0.737. The van der Waals surface area contributed by atoms with Gasteiger partial charge in [0, 0.05) is 24.2 Å². The second kappa shape index (κ2) is 12.2. The summed E-state index contributed by atoms with van der Waals surface area (Å²) in [5.41, 5.74) is 0.973. The van der Waals surface area contributed by atoms with Crippen molar-refractivity contribution in [3.8, 4) is 11.5 Å². The summed E-state index contributed by atoms with van der Waals surface area (Å²) in [4.78, 5) is 26.4. The second-order valence-electron chi connectivity index (χ2n) is 8.59. The maximum absolute atomic E-state index is 13.6. The van der Waals surface area contributed by atoms with Gasteiger partial charge in [-0.05, 0) is 24.3 Å². The summed E-state index contributed by atoms with van der Waals surface area (Å²) >= 11 is 6.24. The minimum absolute atomic E-state index is 0.0454. The molecule has 4 aromatic rings. The van der Waals surface area contributed by atoms with Gasteiger partial charge < -0.3 is 14.2 Å². The highest BCUT2D eigenvalue weighted by atomic mass is 35.5. The first-order chi connectivity index (χ1) is 19.2. The van der Waals surface area contributed by atoms with Crippen molar-refractivity contribution in [2.45, 2.75) is 11.0 Å². The van der Waals surface area contributed by atoms with Crippen molar-refractivity contribution in [1.29, 1.82) is 0 Å². The zero-order chi connectivity index (χ0) is 28.9. The highest BCUT2D eigenvalue weighted by molar-refractivity contribution is 7.92. The topological polar surface area (TPSA) is 99.2 Å². The third-order valence-corrected chi connectivity index (χ3v) is 8.21. The second-order valence-corrected chi connectivity index (χ2v) is 11.0. The Bertz CT molecular complexity index is 1630. The number of carbonyl (C=O) groups is 2. The molecule has 0 bridgehead atoms. The number of ether oxygens (including phenoxy) is 3. The van der Waals surface area contributed by atoms with E-state index in [0.29, 0.717) is 16.9 Å². The molecule has 0 saturated carbocycles. The van der Waals surface area contributed by atoms with Crippen molar-refractivity contribution < 1.29 is 32.2 Å². The Hall–Kier alpha value is -4.34. The van der Waals surface area contributed by atoms with Crippen molar-refractivity contribution in [3.63, 3.8) is 0 Å². The van der Waals surface area contributed by atoms with Crippen LogP contribution in [0.3, 0.4) is 0 Å². The van der Waals surface area contributed by atoms with Crippen LogP contribution in [0.1, 0.15) is 32.4 Å². The normalized spacial score (nSPS) is 11.8. The SMILES string of the molecule is COc1cc(OC)c(N(C)S(=O)(=O)c2cccc(C(=O)O[C@H](C(=O)c3ccccc3)c3ccccc3)c2)cc1Cl. The number of rotatable bonds is 10. The molecular formula is C30H26ClNO7S. The Morgan fingerprint density at radius 3 is 2.00 bits per heavy atom. The molecule has 0 aromatic heterocycles. The molecule has 206 valence electrons. The van der Waals surface area contributed by atoms with Crippen LogP contribution in [0, 0.1) is 0 Å². The molecule has 4 aromatic carbocycles. The van der Waals surface area contributed by atoms with Crippen LogP contribution in [0.5, 0.6) is 11.5 Å². The van der Waals surface area contributed by atoms with Crippen molar-refractivity contribution in [2.75, 3.05) is 25.6 Å². The minimum Gasteiger partial charge on any atom is -0.495 e. The van der Waals surface area contributed by atoms with E-state index in [1.807, 2.05) is 0 Å². The Balaban J connectivity index is 1.66. The number of benzene rings is 4. The summed E-state index contributed by atoms with van der Waals surface area (Å²) in [6.07, 6.45) is -1.23. The molecule has 40 heavy (non-hydrogen) atoms. The Morgan fingerprint density at radius 2 is 1.38 bits per heavy atom. The van der Waals surface area contributed by atoms with E-state index >= 15 is 0 Å². The van der Waals surface area contributed by atoms with Crippen molar-refractivity contribution in [2.24, 2.45) is 0 Å². The van der Waals surface area contributed by atoms with Crippen molar-refractivity contribution in [3.05, 3.63) is 119 Å². The molecule has 0 N–H and O–H groups in total. The van der Waals surface area contributed by atoms with E-state index in [2.05, 4.69) is 0 Å². The predicted molar refractivity (Wildman–Crippen MR) is 152 cm³/mol. The van der Waals surface area contributed by atoms with E-state index in [0.717, 1.165) is 4.31 Å². The van der Waals surface area contributed by atoms with Gasteiger partial charge in [-0.1, -0.05) is 78.3 Å². The van der Waals surface area contributed by atoms with Gasteiger partial charge in [-0.15, -0.1) is 0 Å². The summed E-state index contributed by atoms with van der Waals surface area (Å²) in [6, 6.07) is 25.4. The summed E-state index contributed by atoms with van der Waals surface area (Å²) in [5, 5.41) is 0.188. The first kappa shape index (κ1) is 28.7. The third-order valence-electron chi connectivity index (χ3n) is 6.14. The molecule has 1 atom stereocenters. The van der Waals surface area contributed by atoms with Gasteiger partial charge >= 0.3 is 5.97 Å². The Kier molecular flexibility index (Phi) is 8.77. The van der Waals surface area contributed by atoms with Crippen LogP contribution in [0.25, 0.3) is 0 Å². The molecule has 0 spiro atoms. The fraction of sp³-hybridized carbons (Fsp3) is 0.133. The molecule has 0 saturated heterocycles. The van der Waals surface area contributed by atoms with E-state index in [1.165, 1.54) is 57.7 Å². The van der Waals surface area contributed by atoms with Crippen LogP contribution in [0.15, 0.2) is 102 Å². The van der Waals surface area contributed by atoms with Crippen LogP contribution in [-0.4, -0.2) is 41.4 Å². The van der Waals surface area contributed by atoms with E-state index in [9.17, 15) is 18.0 Å². The molecule has 0 amide bonds. The first-order valence-electron chi connectivity index (χ1n) is 12.0. The lowest BCUT2D eigenvalue weighted by molar-refractivity contribution is 0.0280. The lowest BCUT2D eigenvalue weighted by Gasteiger charge is -2.23. The summed E-state index contributed by atoms with van der Waals surface area (Å²) in [7, 11) is -0.0158. The smallest absolute Gasteiger partial charge is 0.339 e. The molecule has 0 aliphatic carbocycles. The average Bonchev–Trinajstić information content (AvgIpc) is 2.99. The standard InChI is InChI=1S/C30H26ClNO7S/c1-32(25-18-24(31)26(37-2)19-27(25)38-3)40(35,36)23-16-10-15-22(17-23)30(34)39-29(21-13-8-5-9-14-21)28(33)20-11-6-4-7-12-20/h4-19,29H,1-3H3/t29-/m0/s1. The fourth-order valence-corrected chi connectivity index (χ4v) is 5.47. The van der Waals surface area contributed by atoms with Gasteiger partial charge in [-0.2, -0.15) is 0 Å². The lowest BCUT2D eigenvalue weighted by atomic mass is 10.00. The van der Waals surface area contributed by atoms with Crippen LogP contribution in [0.2, 0.25) is 5.02 Å². The third kappa shape index (κ3) is 5.95. The van der Waals surface area contributed by atoms with Crippen LogP contribution in [0.4, 0.5) is 5.69 Å². The first-order valence-corrected chi connectivity index (χ1v) is 13.8. The van der Waals surface area contributed by atoms with Crippen LogP contribution < -0.4 is 13.8 Å². The largest absolute Gasteiger partial charge is 0.495 e. The number of carbonyl (C=O) groups excluding carboxylic acids is 2. The number of halogens is 1. The van der Waals surface area contributed by atoms with Gasteiger partial charge in [-0.3, -0.25) is 9.10 Å². The average molecular weight is 580 g/mol. The van der Waals surface area contributed by atoms with Gasteiger partial charge in [0.25, 0.3) is 10.0 Å². The van der Waals surface area contributed by atoms with Gasteiger partial charge in [0.15, 0.2) is 6.10 Å². The van der Waals surface area contributed by atoms with E-state index in [1.54, 1.807) is 60.7 Å². The number of methoxy groups -OCH3 is 2. The number of esters is 1. The lowest BCUT2D eigenvalue weighted by Crippen LogP contribution is -2.27. The minimum atomic E-state index is -4.18. The van der Waals surface area contributed by atoms with Gasteiger partial charge in [0.1, 0.15) is 11.5 Å². The highest BCUT2D eigenvalue weighted by Gasteiger charge is 2.29. The molecule has 0 fully saturated rings. The summed E-state index contributed by atoms with van der Waals surface area (Å²) < 4.78 is 44.3. The number of sulfonamides is 1. The molecule has 0 aliphatic rings. The van der Waals surface area contributed by atoms with Gasteiger partial charge in [0.05, 0.1) is 35.4 Å².